The standard InChI is InChI=1S/C31H52N4O5/c1-9-10-11-12-13-16-21-35(26(27(37)34-30(3,4)5)23-18-15-14-17-22(23)2)28(38)24(19-20-25(32)36)33-29(39)40-31(6,7)8/h14-15,17-18,24,26H,9-13,16,19-21H2,1-8H3,(H2,32,36)(H,33,39)(H,34,37). The number of primary amides is 1. The molecule has 0 aliphatic heterocycles. The number of rotatable bonds is 15. The lowest BCUT2D eigenvalue weighted by molar-refractivity contribution is -0.143. The average Bonchev–Trinajstić information content (AvgIpc) is 2.81. The Kier molecular flexibility index (Phi) is 14.2. The number of unbranched alkanes of at least 4 members (excludes halogenated alkanes) is 5. The van der Waals surface area contributed by atoms with E-state index in [1.54, 1.807) is 25.7 Å². The second-order valence-electron chi connectivity index (χ2n) is 12.5. The van der Waals surface area contributed by atoms with Crippen LogP contribution in [0.3, 0.4) is 0 Å². The van der Waals surface area contributed by atoms with Crippen LogP contribution >= 0.6 is 0 Å². The summed E-state index contributed by atoms with van der Waals surface area (Å²) < 4.78 is 5.40. The van der Waals surface area contributed by atoms with Crippen LogP contribution in [0.25, 0.3) is 0 Å². The first-order valence-corrected chi connectivity index (χ1v) is 14.5. The van der Waals surface area contributed by atoms with Gasteiger partial charge in [0.25, 0.3) is 0 Å². The maximum Gasteiger partial charge on any atom is 0.408 e. The Bertz CT molecular complexity index is 981. The van der Waals surface area contributed by atoms with Crippen LogP contribution in [-0.4, -0.2) is 52.4 Å². The third-order valence-corrected chi connectivity index (χ3v) is 6.25. The fraction of sp³-hybridized carbons (Fsp3) is 0.677. The molecule has 0 saturated carbocycles. The van der Waals surface area contributed by atoms with E-state index >= 15 is 0 Å². The summed E-state index contributed by atoms with van der Waals surface area (Å²) in [6, 6.07) is 5.46. The highest BCUT2D eigenvalue weighted by atomic mass is 16.6. The summed E-state index contributed by atoms with van der Waals surface area (Å²) in [5, 5.41) is 5.68. The highest BCUT2D eigenvalue weighted by molar-refractivity contribution is 5.93. The van der Waals surface area contributed by atoms with E-state index in [0.29, 0.717) is 18.5 Å². The van der Waals surface area contributed by atoms with Crippen molar-refractivity contribution in [1.29, 1.82) is 0 Å². The summed E-state index contributed by atoms with van der Waals surface area (Å²) in [5.41, 5.74) is 5.66. The maximum absolute atomic E-state index is 14.2. The summed E-state index contributed by atoms with van der Waals surface area (Å²) in [4.78, 5) is 54.0. The Morgan fingerprint density at radius 1 is 0.950 bits per heavy atom. The number of nitrogens with one attached hydrogen (secondary N) is 2. The molecule has 0 aliphatic carbocycles. The molecule has 2 atom stereocenters. The van der Waals surface area contributed by atoms with E-state index in [1.165, 1.54) is 0 Å². The molecule has 0 fully saturated rings. The molecule has 226 valence electrons. The molecule has 0 spiro atoms. The Morgan fingerprint density at radius 2 is 1.55 bits per heavy atom. The molecular formula is C31H52N4O5. The van der Waals surface area contributed by atoms with Crippen LogP contribution in [0.4, 0.5) is 4.79 Å². The number of carbonyl (C=O) groups is 4. The second-order valence-corrected chi connectivity index (χ2v) is 12.5. The van der Waals surface area contributed by atoms with Gasteiger partial charge in [0.15, 0.2) is 0 Å². The normalized spacial score (nSPS) is 13.2. The van der Waals surface area contributed by atoms with Crippen molar-refractivity contribution in [2.75, 3.05) is 6.54 Å². The van der Waals surface area contributed by atoms with Gasteiger partial charge in [-0.15, -0.1) is 0 Å². The van der Waals surface area contributed by atoms with Gasteiger partial charge in [0.05, 0.1) is 0 Å². The average molecular weight is 561 g/mol. The quantitative estimate of drug-likeness (QED) is 0.251. The zero-order valence-electron chi connectivity index (χ0n) is 25.9. The lowest BCUT2D eigenvalue weighted by atomic mass is 9.96. The number of alkyl carbamates (subject to hydrolysis) is 1. The van der Waals surface area contributed by atoms with Gasteiger partial charge in [-0.05, 0) is 72.4 Å². The van der Waals surface area contributed by atoms with Crippen LogP contribution in [0.5, 0.6) is 0 Å². The number of amides is 4. The van der Waals surface area contributed by atoms with Crippen molar-refractivity contribution >= 4 is 23.8 Å². The number of benzene rings is 1. The molecule has 4 amide bonds. The van der Waals surface area contributed by atoms with Gasteiger partial charge in [-0.25, -0.2) is 4.79 Å². The van der Waals surface area contributed by atoms with Gasteiger partial charge in [-0.1, -0.05) is 63.3 Å². The third kappa shape index (κ3) is 13.3. The van der Waals surface area contributed by atoms with Gasteiger partial charge in [0.2, 0.25) is 17.7 Å². The molecule has 0 bridgehead atoms. The molecule has 1 aromatic carbocycles. The number of nitrogens with zero attached hydrogens (tertiary/aromatic N) is 1. The molecule has 0 saturated heterocycles. The molecular weight excluding hydrogens is 508 g/mol. The van der Waals surface area contributed by atoms with Crippen molar-refractivity contribution in [2.45, 2.75) is 130 Å². The molecule has 2 unspecified atom stereocenters. The minimum Gasteiger partial charge on any atom is -0.444 e. The van der Waals surface area contributed by atoms with Crippen molar-refractivity contribution in [3.8, 4) is 0 Å². The minimum absolute atomic E-state index is 0.0121. The first-order chi connectivity index (χ1) is 18.6. The topological polar surface area (TPSA) is 131 Å². The van der Waals surface area contributed by atoms with Crippen molar-refractivity contribution in [1.82, 2.24) is 15.5 Å². The van der Waals surface area contributed by atoms with Gasteiger partial charge >= 0.3 is 6.09 Å². The van der Waals surface area contributed by atoms with Gasteiger partial charge in [-0.2, -0.15) is 0 Å². The number of aryl methyl sites for hydroxylation is 1. The predicted molar refractivity (Wildman–Crippen MR) is 158 cm³/mol. The summed E-state index contributed by atoms with van der Waals surface area (Å²) in [5.74, 6) is -1.36. The van der Waals surface area contributed by atoms with E-state index in [0.717, 1.165) is 37.7 Å². The van der Waals surface area contributed by atoms with E-state index in [9.17, 15) is 19.2 Å². The number of hydrogen-bond acceptors (Lipinski definition) is 5. The highest BCUT2D eigenvalue weighted by Crippen LogP contribution is 2.27. The fourth-order valence-corrected chi connectivity index (χ4v) is 4.41. The van der Waals surface area contributed by atoms with Crippen molar-refractivity contribution in [3.63, 3.8) is 0 Å². The smallest absolute Gasteiger partial charge is 0.408 e. The van der Waals surface area contributed by atoms with Crippen LogP contribution in [0.1, 0.15) is 117 Å². The Hall–Kier alpha value is -3.10. The van der Waals surface area contributed by atoms with Gasteiger partial charge in [0.1, 0.15) is 17.7 Å². The van der Waals surface area contributed by atoms with E-state index < -0.39 is 41.1 Å². The maximum atomic E-state index is 14.2. The van der Waals surface area contributed by atoms with Crippen LogP contribution < -0.4 is 16.4 Å². The first kappa shape index (κ1) is 34.9. The van der Waals surface area contributed by atoms with Crippen LogP contribution in [0.2, 0.25) is 0 Å². The minimum atomic E-state index is -1.10. The Morgan fingerprint density at radius 3 is 2.10 bits per heavy atom. The summed E-state index contributed by atoms with van der Waals surface area (Å²) in [6.45, 7) is 15.2. The fourth-order valence-electron chi connectivity index (χ4n) is 4.41. The molecule has 0 heterocycles. The monoisotopic (exact) mass is 560 g/mol. The SMILES string of the molecule is CCCCCCCCN(C(=O)C(CCC(N)=O)NC(=O)OC(C)(C)C)C(C(=O)NC(C)(C)C)c1ccccc1C. The molecule has 9 heteroatoms. The Balaban J connectivity index is 3.51. The van der Waals surface area contributed by atoms with Crippen molar-refractivity contribution in [3.05, 3.63) is 35.4 Å². The first-order valence-electron chi connectivity index (χ1n) is 14.5. The lowest BCUT2D eigenvalue weighted by Crippen LogP contribution is -2.55. The number of ether oxygens (including phenoxy) is 1. The number of hydrogen-bond donors (Lipinski definition) is 3. The van der Waals surface area contributed by atoms with Crippen LogP contribution in [0.15, 0.2) is 24.3 Å². The third-order valence-electron chi connectivity index (χ3n) is 6.25. The largest absolute Gasteiger partial charge is 0.444 e. The van der Waals surface area contributed by atoms with Gasteiger partial charge < -0.3 is 26.0 Å². The van der Waals surface area contributed by atoms with Gasteiger partial charge in [-0.3, -0.25) is 14.4 Å². The highest BCUT2D eigenvalue weighted by Gasteiger charge is 2.37. The Labute approximate surface area is 241 Å². The second kappa shape index (κ2) is 16.2. The molecule has 0 aliphatic rings. The van der Waals surface area contributed by atoms with E-state index in [2.05, 4.69) is 17.6 Å². The van der Waals surface area contributed by atoms with E-state index in [4.69, 9.17) is 10.5 Å². The lowest BCUT2D eigenvalue weighted by Gasteiger charge is -2.36. The van der Waals surface area contributed by atoms with E-state index in [1.807, 2.05) is 52.0 Å². The van der Waals surface area contributed by atoms with Gasteiger partial charge in [0, 0.05) is 18.5 Å². The molecule has 0 aromatic heterocycles. The molecule has 0 radical (unpaired) electrons. The molecule has 1 aromatic rings. The van der Waals surface area contributed by atoms with Crippen molar-refractivity contribution < 1.29 is 23.9 Å². The number of carbonyl (C=O) groups excluding carboxylic acids is 4. The van der Waals surface area contributed by atoms with Crippen molar-refractivity contribution in [2.24, 2.45) is 5.73 Å². The zero-order chi connectivity index (χ0) is 30.5. The molecule has 40 heavy (non-hydrogen) atoms. The van der Waals surface area contributed by atoms with Crippen LogP contribution in [-0.2, 0) is 19.1 Å². The summed E-state index contributed by atoms with van der Waals surface area (Å²) in [6.07, 6.45) is 5.11. The summed E-state index contributed by atoms with van der Waals surface area (Å²) in [7, 11) is 0. The number of nitrogens with two attached hydrogens (primary N) is 1. The van der Waals surface area contributed by atoms with Crippen LogP contribution in [0, 0.1) is 6.92 Å². The molecule has 4 N–H and O–H groups in total. The molecule has 9 nitrogen and oxygen atoms in total. The molecule has 1 rings (SSSR count). The summed E-state index contributed by atoms with van der Waals surface area (Å²) >= 11 is 0. The zero-order valence-corrected chi connectivity index (χ0v) is 25.9. The van der Waals surface area contributed by atoms with E-state index in [-0.39, 0.29) is 18.7 Å². The predicted octanol–water partition coefficient (Wildman–Crippen LogP) is 5.30.